The van der Waals surface area contributed by atoms with Gasteiger partial charge in [0.15, 0.2) is 5.75 Å². The number of hydrogen-bond donors (Lipinski definition) is 6. The van der Waals surface area contributed by atoms with Gasteiger partial charge < -0.3 is 49.8 Å². The molecular formula is C53H64N4O12. The smallest absolute Gasteiger partial charge is 0.312 e. The second-order valence-electron chi connectivity index (χ2n) is 18.7. The molecule has 0 radical (unpaired) electrons. The molecule has 4 aromatic rings. The van der Waals surface area contributed by atoms with Crippen molar-refractivity contribution in [3.63, 3.8) is 0 Å². The molecule has 4 aromatic carbocycles. The van der Waals surface area contributed by atoms with Gasteiger partial charge in [0.1, 0.15) is 23.4 Å². The number of methoxy groups -OCH3 is 1. The number of aliphatic hydroxyl groups excluding tert-OH is 2. The number of Topliss-reactive ketones (excluding diaryl/α,β-unsaturated/α-hetero) is 1. The second-order valence-corrected chi connectivity index (χ2v) is 18.7. The Bertz CT molecular complexity index is 2740. The van der Waals surface area contributed by atoms with Gasteiger partial charge in [0.2, 0.25) is 0 Å². The molecule has 16 nitrogen and oxygen atoms in total. The van der Waals surface area contributed by atoms with Crippen molar-refractivity contribution in [1.29, 1.82) is 0 Å². The first kappa shape index (κ1) is 50.4. The topological polar surface area (TPSA) is 220 Å². The van der Waals surface area contributed by atoms with Crippen LogP contribution in [0.2, 0.25) is 0 Å². The Hall–Kier alpha value is -6.46. The molecule has 0 aromatic heterocycles. The number of piperazine rings is 1. The summed E-state index contributed by atoms with van der Waals surface area (Å²) in [6.07, 6.45) is 4.87. The van der Waals surface area contributed by atoms with Crippen molar-refractivity contribution >= 4 is 51.1 Å². The first-order valence-corrected chi connectivity index (χ1v) is 23.3. The van der Waals surface area contributed by atoms with Crippen LogP contribution in [0.15, 0.2) is 83.7 Å². The lowest BCUT2D eigenvalue weighted by atomic mass is 9.78. The third-order valence-electron chi connectivity index (χ3n) is 14.0. The fraction of sp³-hybridized carbons (Fsp3) is 0.434. The molecule has 4 aliphatic rings. The highest BCUT2D eigenvalue weighted by atomic mass is 16.7. The number of hydrazone groups is 1. The van der Waals surface area contributed by atoms with Gasteiger partial charge in [-0.25, -0.2) is 0 Å². The largest absolute Gasteiger partial charge is 0.507 e. The van der Waals surface area contributed by atoms with Crippen LogP contribution in [0.5, 0.6) is 23.0 Å². The first-order chi connectivity index (χ1) is 32.8. The Morgan fingerprint density at radius 1 is 0.899 bits per heavy atom. The summed E-state index contributed by atoms with van der Waals surface area (Å²) in [7, 11) is 1.44. The van der Waals surface area contributed by atoms with Gasteiger partial charge in [-0.1, -0.05) is 88.4 Å². The molecule has 9 unspecified atom stereocenters. The molecule has 9 atom stereocenters. The van der Waals surface area contributed by atoms with Crippen LogP contribution in [0.25, 0.3) is 21.5 Å². The molecule has 0 saturated carbocycles. The Labute approximate surface area is 402 Å². The number of aliphatic hydroxyl groups is 2. The first-order valence-electron chi connectivity index (χ1n) is 23.3. The van der Waals surface area contributed by atoms with Crippen LogP contribution < -0.4 is 10.1 Å². The molecule has 5 bridgehead atoms. The zero-order chi connectivity index (χ0) is 50.1. The van der Waals surface area contributed by atoms with Gasteiger partial charge in [0.25, 0.3) is 11.7 Å². The number of ketones is 1. The summed E-state index contributed by atoms with van der Waals surface area (Å²) in [5.41, 5.74) is 0.824. The molecule has 6 N–H and O–H groups in total. The summed E-state index contributed by atoms with van der Waals surface area (Å²) >= 11 is 0. The van der Waals surface area contributed by atoms with E-state index in [4.69, 9.17) is 24.0 Å². The van der Waals surface area contributed by atoms with Crippen molar-refractivity contribution in [3.8, 4) is 23.0 Å². The molecule has 16 heteroatoms. The number of carbonyl (C=O) groups is 3. The normalized spacial score (nSPS) is 29.1. The van der Waals surface area contributed by atoms with E-state index in [9.17, 15) is 39.9 Å². The van der Waals surface area contributed by atoms with E-state index in [2.05, 4.69) is 40.5 Å². The van der Waals surface area contributed by atoms with Crippen LogP contribution in [-0.2, 0) is 30.3 Å². The molecule has 1 fully saturated rings. The Morgan fingerprint density at radius 3 is 2.29 bits per heavy atom. The van der Waals surface area contributed by atoms with Crippen molar-refractivity contribution in [2.24, 2.45) is 28.8 Å². The number of amides is 1. The minimum absolute atomic E-state index is 0.0503. The van der Waals surface area contributed by atoms with E-state index in [0.717, 1.165) is 6.54 Å². The summed E-state index contributed by atoms with van der Waals surface area (Å²) in [5.74, 6) is -8.45. The zero-order valence-electron chi connectivity index (χ0n) is 40.6. The summed E-state index contributed by atoms with van der Waals surface area (Å²) in [6.45, 7) is 15.7. The van der Waals surface area contributed by atoms with Crippen molar-refractivity contribution in [2.75, 3.05) is 38.6 Å². The molecule has 8 rings (SSSR count). The van der Waals surface area contributed by atoms with E-state index in [1.165, 1.54) is 75.8 Å². The number of allylic oxidation sites excluding steroid dienone is 2. The fourth-order valence-corrected chi connectivity index (χ4v) is 9.69. The highest BCUT2D eigenvalue weighted by Gasteiger charge is 2.50. The Morgan fingerprint density at radius 2 is 1.59 bits per heavy atom. The number of aromatic hydroxyl groups is 3. The molecule has 4 heterocycles. The van der Waals surface area contributed by atoms with E-state index in [0.29, 0.717) is 26.2 Å². The Balaban J connectivity index is 1.29. The molecular weight excluding hydrogens is 885 g/mol. The van der Waals surface area contributed by atoms with Crippen LogP contribution in [0.1, 0.15) is 75.5 Å². The van der Waals surface area contributed by atoms with Crippen LogP contribution in [0.3, 0.4) is 0 Å². The van der Waals surface area contributed by atoms with Crippen LogP contribution >= 0.6 is 0 Å². The quantitative estimate of drug-likeness (QED) is 0.0494. The number of benzene rings is 4. The maximum atomic E-state index is 14.6. The van der Waals surface area contributed by atoms with Crippen LogP contribution in [0, 0.1) is 30.6 Å². The number of fused-ring (bicyclic) bond motifs is 15. The summed E-state index contributed by atoms with van der Waals surface area (Å²) in [6, 6.07) is 14.5. The number of nitrogens with zero attached hydrogens (tertiary/aromatic N) is 3. The van der Waals surface area contributed by atoms with E-state index in [-0.39, 0.29) is 44.5 Å². The monoisotopic (exact) mass is 948 g/mol. The van der Waals surface area contributed by atoms with E-state index in [1.54, 1.807) is 39.8 Å². The number of carbonyl (C=O) groups excluding carboxylic acids is 3. The molecule has 69 heavy (non-hydrogen) atoms. The number of anilines is 1. The van der Waals surface area contributed by atoms with Gasteiger partial charge >= 0.3 is 11.8 Å². The Kier molecular flexibility index (Phi) is 15.1. The number of phenolic OH excluding ortho intramolecular Hbond substituents is 3. The van der Waals surface area contributed by atoms with Gasteiger partial charge in [-0.2, -0.15) is 5.10 Å². The predicted octanol–water partition coefficient (Wildman–Crippen LogP) is 7.06. The zero-order valence-corrected chi connectivity index (χ0v) is 40.6. The predicted molar refractivity (Wildman–Crippen MR) is 262 cm³/mol. The highest BCUT2D eigenvalue weighted by molar-refractivity contribution is 6.24. The molecule has 1 saturated heterocycles. The van der Waals surface area contributed by atoms with E-state index in [1.807, 2.05) is 17.1 Å². The van der Waals surface area contributed by atoms with Crippen LogP contribution in [0.4, 0.5) is 5.69 Å². The standard InChI is InChI=1S/C53H64N4O12/c1-28-14-12-15-29(2)52(65)55-43-38(26-54-57-23-21-56(22-24-57)27-36-18-13-17-35-16-10-11-19-37(35)36)47(62)40-41(48(43)63)46(61)33(6)50-42(40)51(64)53(8,69-50)67-25-20-39(66-9)30(3)49(68-34(7)58)32(5)45(60)31(4)44(28)59/h10-20,25-26,28,30-32,39,44-45,49,59-63H,21-24,27H2,1-9H3,(H,55,65)/b14-12+,25-20+,29-15-,54-26?. The maximum absolute atomic E-state index is 14.6. The molecule has 1 amide bonds. The van der Waals surface area contributed by atoms with Crippen molar-refractivity contribution in [3.05, 3.63) is 101 Å². The van der Waals surface area contributed by atoms with Gasteiger partial charge in [-0.05, 0) is 36.3 Å². The van der Waals surface area contributed by atoms with E-state index < -0.39 is 88.8 Å². The number of ether oxygens (including phenoxy) is 4. The third-order valence-corrected chi connectivity index (χ3v) is 14.0. The van der Waals surface area contributed by atoms with Crippen LogP contribution in [-0.4, -0.2) is 123 Å². The third kappa shape index (κ3) is 10.0. The minimum Gasteiger partial charge on any atom is -0.507 e. The van der Waals surface area contributed by atoms with Gasteiger partial charge in [0, 0.05) is 93.9 Å². The number of esters is 1. The number of phenols is 3. The van der Waals surface area contributed by atoms with Gasteiger partial charge in [-0.15, -0.1) is 0 Å². The molecule has 0 aliphatic carbocycles. The van der Waals surface area contributed by atoms with Gasteiger partial charge in [-0.3, -0.25) is 24.3 Å². The van der Waals surface area contributed by atoms with Gasteiger partial charge in [0.05, 0.1) is 53.0 Å². The lowest BCUT2D eigenvalue weighted by molar-refractivity contribution is -0.160. The summed E-state index contributed by atoms with van der Waals surface area (Å²) in [4.78, 5) is 43.3. The van der Waals surface area contributed by atoms with Crippen molar-refractivity contribution in [2.45, 2.75) is 92.1 Å². The van der Waals surface area contributed by atoms with E-state index >= 15 is 0 Å². The SMILES string of the molecule is COC1/C=C/OC2(C)Oc3c(C)c(O)c4c(O)c(c(C=NN5CCN(Cc6cccc7ccccc67)CC5)c(O)c4c3C2=O)NC(=O)/C(C)=C\C=C\C(C)C(O)C(C)C(O)C(C)C(OC(C)=O)C1C. The molecule has 4 aliphatic heterocycles. The number of hydrogen-bond acceptors (Lipinski definition) is 15. The number of nitrogens with one attached hydrogen (secondary N) is 1. The lowest BCUT2D eigenvalue weighted by Crippen LogP contribution is -2.46. The average Bonchev–Trinajstić information content (AvgIpc) is 3.60. The summed E-state index contributed by atoms with van der Waals surface area (Å²) < 4.78 is 23.8. The number of rotatable bonds is 6. The fourth-order valence-electron chi connectivity index (χ4n) is 9.69. The second kappa shape index (κ2) is 20.6. The molecule has 0 spiro atoms. The summed E-state index contributed by atoms with van der Waals surface area (Å²) in [5, 5.41) is 70.2. The van der Waals surface area contributed by atoms with Crippen molar-refractivity contribution < 1.29 is 58.9 Å². The molecule has 368 valence electrons. The minimum atomic E-state index is -2.06. The average molecular weight is 949 g/mol. The maximum Gasteiger partial charge on any atom is 0.312 e. The highest BCUT2D eigenvalue weighted by Crippen LogP contribution is 2.55. The van der Waals surface area contributed by atoms with Crippen molar-refractivity contribution in [1.82, 2.24) is 9.91 Å². The lowest BCUT2D eigenvalue weighted by Gasteiger charge is -2.38.